The van der Waals surface area contributed by atoms with Crippen molar-refractivity contribution in [1.82, 2.24) is 10.2 Å². The normalized spacial score (nSPS) is 15.0. The van der Waals surface area contributed by atoms with E-state index in [0.29, 0.717) is 27.7 Å². The molecule has 3 amide bonds. The number of nitrogens with two attached hydrogens (primary N) is 1. The number of nitrogens with one attached hydrogen (secondary N) is 2. The second kappa shape index (κ2) is 14.4. The SMILES string of the molecule is CCc1cc(Cl)c(Cl)cc1NC(=O)[C@H](CCN)NC(=O)[C@@H]1Cc2ccccc2CN1C(=O)CCC(=O)c1ccccc1. The Morgan fingerprint density at radius 1 is 0.952 bits per heavy atom. The lowest BCUT2D eigenvalue weighted by Crippen LogP contribution is -2.56. The minimum atomic E-state index is -0.949. The van der Waals surface area contributed by atoms with Gasteiger partial charge in [-0.3, -0.25) is 19.2 Å². The summed E-state index contributed by atoms with van der Waals surface area (Å²) in [5.74, 6) is -1.37. The zero-order valence-corrected chi connectivity index (χ0v) is 24.9. The van der Waals surface area contributed by atoms with Crippen LogP contribution in [0.1, 0.15) is 53.2 Å². The number of benzene rings is 3. The molecule has 0 radical (unpaired) electrons. The number of carbonyl (C=O) groups is 4. The summed E-state index contributed by atoms with van der Waals surface area (Å²) in [7, 11) is 0. The number of hydrogen-bond donors (Lipinski definition) is 3. The van der Waals surface area contributed by atoms with Crippen molar-refractivity contribution < 1.29 is 19.2 Å². The highest BCUT2D eigenvalue weighted by molar-refractivity contribution is 6.42. The molecule has 4 rings (SSSR count). The van der Waals surface area contributed by atoms with Gasteiger partial charge in [-0.1, -0.05) is 84.7 Å². The average Bonchev–Trinajstić information content (AvgIpc) is 3.00. The monoisotopic (exact) mass is 608 g/mol. The van der Waals surface area contributed by atoms with Crippen molar-refractivity contribution in [3.63, 3.8) is 0 Å². The molecule has 10 heteroatoms. The predicted molar refractivity (Wildman–Crippen MR) is 165 cm³/mol. The molecular formula is C32H34Cl2N4O4. The molecule has 0 aliphatic carbocycles. The highest BCUT2D eigenvalue weighted by atomic mass is 35.5. The number of Topliss-reactive ketones (excluding diaryl/α,β-unsaturated/α-hetero) is 1. The van der Waals surface area contributed by atoms with E-state index in [1.165, 1.54) is 4.90 Å². The molecule has 0 fully saturated rings. The standard InChI is InChI=1S/C32H34Cl2N4O4/c1-2-20-16-24(33)25(34)18-27(20)37-31(41)26(14-15-35)36-32(42)28-17-22-10-6-7-11-23(22)19-38(28)30(40)13-12-29(39)21-8-4-3-5-9-21/h3-11,16,18,26,28H,2,12-15,17,19,35H2,1H3,(H,36,42)(H,37,41)/t26-,28-/m0/s1. The van der Waals surface area contributed by atoms with Gasteiger partial charge >= 0.3 is 0 Å². The number of nitrogens with zero attached hydrogens (tertiary/aromatic N) is 1. The van der Waals surface area contributed by atoms with E-state index in [1.54, 1.807) is 36.4 Å². The van der Waals surface area contributed by atoms with Crippen LogP contribution in [0.25, 0.3) is 0 Å². The Kier molecular flexibility index (Phi) is 10.7. The lowest BCUT2D eigenvalue weighted by atomic mass is 9.92. The Hall–Kier alpha value is -3.72. The van der Waals surface area contributed by atoms with Crippen molar-refractivity contribution in [2.75, 3.05) is 11.9 Å². The zero-order valence-electron chi connectivity index (χ0n) is 23.4. The molecule has 0 saturated carbocycles. The van der Waals surface area contributed by atoms with Gasteiger partial charge in [0.25, 0.3) is 0 Å². The van der Waals surface area contributed by atoms with Gasteiger partial charge in [0, 0.05) is 37.1 Å². The van der Waals surface area contributed by atoms with E-state index in [0.717, 1.165) is 16.7 Å². The van der Waals surface area contributed by atoms with E-state index in [1.807, 2.05) is 37.3 Å². The van der Waals surface area contributed by atoms with Crippen molar-refractivity contribution in [3.05, 3.63) is 99.0 Å². The number of halogens is 2. The quantitative estimate of drug-likeness (QED) is 0.266. The number of carbonyl (C=O) groups excluding carboxylic acids is 4. The third-order valence-corrected chi connectivity index (χ3v) is 8.13. The van der Waals surface area contributed by atoms with E-state index in [4.69, 9.17) is 28.9 Å². The van der Waals surface area contributed by atoms with E-state index in [2.05, 4.69) is 10.6 Å². The van der Waals surface area contributed by atoms with Crippen LogP contribution in [0.3, 0.4) is 0 Å². The van der Waals surface area contributed by atoms with Crippen LogP contribution in [0.15, 0.2) is 66.7 Å². The first kappa shape index (κ1) is 31.2. The number of ketones is 1. The highest BCUT2D eigenvalue weighted by Crippen LogP contribution is 2.30. The van der Waals surface area contributed by atoms with Gasteiger partial charge in [-0.2, -0.15) is 0 Å². The fraction of sp³-hybridized carbons (Fsp3) is 0.312. The number of aryl methyl sites for hydroxylation is 1. The maximum absolute atomic E-state index is 13.7. The van der Waals surface area contributed by atoms with Gasteiger partial charge in [0.15, 0.2) is 5.78 Å². The molecule has 1 aliphatic heterocycles. The van der Waals surface area contributed by atoms with Crippen LogP contribution >= 0.6 is 23.2 Å². The molecule has 0 saturated heterocycles. The number of anilines is 1. The smallest absolute Gasteiger partial charge is 0.247 e. The number of rotatable bonds is 11. The lowest BCUT2D eigenvalue weighted by Gasteiger charge is -2.36. The van der Waals surface area contributed by atoms with Gasteiger partial charge in [0.05, 0.1) is 10.0 Å². The molecule has 8 nitrogen and oxygen atoms in total. The second-order valence-corrected chi connectivity index (χ2v) is 11.0. The van der Waals surface area contributed by atoms with Crippen molar-refractivity contribution >= 4 is 52.4 Å². The maximum Gasteiger partial charge on any atom is 0.247 e. The summed E-state index contributed by atoms with van der Waals surface area (Å²) in [4.78, 5) is 54.6. The maximum atomic E-state index is 13.7. The van der Waals surface area contributed by atoms with Gasteiger partial charge in [-0.05, 0) is 48.2 Å². The number of hydrogen-bond acceptors (Lipinski definition) is 5. The molecule has 1 heterocycles. The van der Waals surface area contributed by atoms with Crippen LogP contribution in [-0.4, -0.2) is 47.0 Å². The second-order valence-electron chi connectivity index (χ2n) is 10.2. The van der Waals surface area contributed by atoms with Gasteiger partial charge in [0.1, 0.15) is 12.1 Å². The molecule has 3 aromatic carbocycles. The van der Waals surface area contributed by atoms with E-state index < -0.39 is 23.9 Å². The van der Waals surface area contributed by atoms with E-state index >= 15 is 0 Å². The molecular weight excluding hydrogens is 575 g/mol. The molecule has 0 unspecified atom stereocenters. The molecule has 1 aliphatic rings. The fourth-order valence-electron chi connectivity index (χ4n) is 5.07. The predicted octanol–water partition coefficient (Wildman–Crippen LogP) is 4.94. The van der Waals surface area contributed by atoms with Crippen LogP contribution in [0.2, 0.25) is 10.0 Å². The Labute approximate surface area is 255 Å². The van der Waals surface area contributed by atoms with Gasteiger partial charge in [-0.15, -0.1) is 0 Å². The van der Waals surface area contributed by atoms with Crippen molar-refractivity contribution in [3.8, 4) is 0 Å². The summed E-state index contributed by atoms with van der Waals surface area (Å²) in [6.07, 6.45) is 1.06. The van der Waals surface area contributed by atoms with Crippen LogP contribution in [-0.2, 0) is 33.8 Å². The minimum Gasteiger partial charge on any atom is -0.342 e. The number of amides is 3. The van der Waals surface area contributed by atoms with E-state index in [-0.39, 0.29) is 50.5 Å². The van der Waals surface area contributed by atoms with Crippen LogP contribution in [0, 0.1) is 0 Å². The average molecular weight is 610 g/mol. The fourth-order valence-corrected chi connectivity index (χ4v) is 5.42. The van der Waals surface area contributed by atoms with Crippen LogP contribution in [0.5, 0.6) is 0 Å². The summed E-state index contributed by atoms with van der Waals surface area (Å²) < 4.78 is 0. The largest absolute Gasteiger partial charge is 0.342 e. The van der Waals surface area contributed by atoms with Crippen molar-refractivity contribution in [1.29, 1.82) is 0 Å². The summed E-state index contributed by atoms with van der Waals surface area (Å²) >= 11 is 12.3. The molecule has 220 valence electrons. The van der Waals surface area contributed by atoms with Crippen LogP contribution < -0.4 is 16.4 Å². The topological polar surface area (TPSA) is 122 Å². The summed E-state index contributed by atoms with van der Waals surface area (Å²) in [6, 6.07) is 17.9. The molecule has 0 bridgehead atoms. The lowest BCUT2D eigenvalue weighted by molar-refractivity contribution is -0.142. The minimum absolute atomic E-state index is 0.0248. The zero-order chi connectivity index (χ0) is 30.2. The Bertz CT molecular complexity index is 1460. The summed E-state index contributed by atoms with van der Waals surface area (Å²) in [5.41, 5.74) is 9.52. The van der Waals surface area contributed by atoms with Crippen molar-refractivity contribution in [2.24, 2.45) is 5.73 Å². The summed E-state index contributed by atoms with van der Waals surface area (Å²) in [5, 5.41) is 6.35. The van der Waals surface area contributed by atoms with Gasteiger partial charge < -0.3 is 21.3 Å². The first-order chi connectivity index (χ1) is 20.2. The third-order valence-electron chi connectivity index (χ3n) is 7.41. The first-order valence-electron chi connectivity index (χ1n) is 14.0. The molecule has 42 heavy (non-hydrogen) atoms. The van der Waals surface area contributed by atoms with E-state index in [9.17, 15) is 19.2 Å². The van der Waals surface area contributed by atoms with Crippen LogP contribution in [0.4, 0.5) is 5.69 Å². The van der Waals surface area contributed by atoms with Gasteiger partial charge in [0.2, 0.25) is 17.7 Å². The third kappa shape index (κ3) is 7.56. The Morgan fingerprint density at radius 2 is 1.62 bits per heavy atom. The van der Waals surface area contributed by atoms with Crippen molar-refractivity contribution in [2.45, 2.75) is 57.7 Å². The summed E-state index contributed by atoms with van der Waals surface area (Å²) in [6.45, 7) is 2.30. The molecule has 3 aromatic rings. The Balaban J connectivity index is 1.51. The Morgan fingerprint density at radius 3 is 2.31 bits per heavy atom. The molecule has 0 spiro atoms. The number of fused-ring (bicyclic) bond motifs is 1. The molecule has 0 aromatic heterocycles. The highest BCUT2D eigenvalue weighted by Gasteiger charge is 2.36. The first-order valence-corrected chi connectivity index (χ1v) is 14.7. The van der Waals surface area contributed by atoms with Gasteiger partial charge in [-0.25, -0.2) is 0 Å². The molecule has 2 atom stereocenters. The molecule has 4 N–H and O–H groups in total.